The van der Waals surface area contributed by atoms with Crippen LogP contribution in [0.5, 0.6) is 0 Å². The Hall–Kier alpha value is -1.84. The maximum absolute atomic E-state index is 11.8. The quantitative estimate of drug-likeness (QED) is 0.628. The molecule has 17 heavy (non-hydrogen) atoms. The second-order valence-electron chi connectivity index (χ2n) is 3.99. The topological polar surface area (TPSA) is 55.4 Å². The molecule has 4 heteroatoms. The van der Waals surface area contributed by atoms with E-state index in [4.69, 9.17) is 4.74 Å². The summed E-state index contributed by atoms with van der Waals surface area (Å²) in [6.45, 7) is 2.53. The van der Waals surface area contributed by atoms with Crippen molar-refractivity contribution in [1.82, 2.24) is 5.32 Å². The van der Waals surface area contributed by atoms with Gasteiger partial charge in [0, 0.05) is 12.5 Å². The van der Waals surface area contributed by atoms with E-state index in [-0.39, 0.29) is 11.8 Å². The van der Waals surface area contributed by atoms with Crippen molar-refractivity contribution >= 4 is 11.9 Å². The summed E-state index contributed by atoms with van der Waals surface area (Å²) in [4.78, 5) is 23.4. The molecule has 2 rings (SSSR count). The van der Waals surface area contributed by atoms with E-state index in [9.17, 15) is 9.59 Å². The zero-order chi connectivity index (χ0) is 12.3. The minimum atomic E-state index is -0.711. The minimum Gasteiger partial charge on any atom is -0.465 e. The molecule has 0 radical (unpaired) electrons. The summed E-state index contributed by atoms with van der Waals surface area (Å²) >= 11 is 0. The molecule has 0 spiro atoms. The van der Waals surface area contributed by atoms with E-state index in [0.29, 0.717) is 13.2 Å². The first-order valence-electron chi connectivity index (χ1n) is 5.73. The summed E-state index contributed by atoms with van der Waals surface area (Å²) in [5.74, 6) is -1.51. The molecule has 1 aromatic rings. The van der Waals surface area contributed by atoms with Crippen LogP contribution in [0.25, 0.3) is 0 Å². The fourth-order valence-electron chi connectivity index (χ4n) is 2.13. The molecule has 1 aromatic carbocycles. The lowest BCUT2D eigenvalue weighted by Gasteiger charge is -2.15. The molecule has 1 unspecified atom stereocenters. The molecule has 0 aromatic heterocycles. The highest BCUT2D eigenvalue weighted by atomic mass is 16.5. The largest absolute Gasteiger partial charge is 0.465 e. The van der Waals surface area contributed by atoms with Crippen LogP contribution in [0.15, 0.2) is 30.3 Å². The maximum atomic E-state index is 11.8. The fraction of sp³-hybridized carbons (Fsp3) is 0.385. The fourth-order valence-corrected chi connectivity index (χ4v) is 2.13. The third-order valence-electron chi connectivity index (χ3n) is 2.95. The number of rotatable bonds is 3. The molecule has 1 fully saturated rings. The van der Waals surface area contributed by atoms with Crippen molar-refractivity contribution in [2.24, 2.45) is 5.92 Å². The molecular weight excluding hydrogens is 218 g/mol. The third kappa shape index (κ3) is 2.30. The highest BCUT2D eigenvalue weighted by Gasteiger charge is 2.41. The maximum Gasteiger partial charge on any atom is 0.319 e. The molecular formula is C13H15NO3. The third-order valence-corrected chi connectivity index (χ3v) is 2.95. The number of ether oxygens (including phenoxy) is 1. The van der Waals surface area contributed by atoms with Crippen molar-refractivity contribution in [3.63, 3.8) is 0 Å². The van der Waals surface area contributed by atoms with Crippen molar-refractivity contribution in [3.8, 4) is 0 Å². The van der Waals surface area contributed by atoms with E-state index < -0.39 is 11.9 Å². The zero-order valence-corrected chi connectivity index (χ0v) is 9.68. The molecule has 4 nitrogen and oxygen atoms in total. The van der Waals surface area contributed by atoms with Gasteiger partial charge in [-0.25, -0.2) is 0 Å². The number of carbonyl (C=O) groups excluding carboxylic acids is 2. The smallest absolute Gasteiger partial charge is 0.319 e. The minimum absolute atomic E-state index is 0.122. The van der Waals surface area contributed by atoms with Gasteiger partial charge in [-0.3, -0.25) is 9.59 Å². The van der Waals surface area contributed by atoms with Gasteiger partial charge in [0.05, 0.1) is 6.61 Å². The van der Waals surface area contributed by atoms with E-state index in [2.05, 4.69) is 5.32 Å². The number of nitrogens with one attached hydrogen (secondary N) is 1. The van der Waals surface area contributed by atoms with Crippen LogP contribution >= 0.6 is 0 Å². The van der Waals surface area contributed by atoms with E-state index in [1.807, 2.05) is 30.3 Å². The predicted molar refractivity (Wildman–Crippen MR) is 62.3 cm³/mol. The summed E-state index contributed by atoms with van der Waals surface area (Å²) in [5, 5.41) is 2.72. The van der Waals surface area contributed by atoms with Crippen LogP contribution in [0.1, 0.15) is 18.4 Å². The van der Waals surface area contributed by atoms with Crippen molar-refractivity contribution in [1.29, 1.82) is 0 Å². The summed E-state index contributed by atoms with van der Waals surface area (Å²) in [5.41, 5.74) is 0.990. The van der Waals surface area contributed by atoms with Crippen molar-refractivity contribution < 1.29 is 14.3 Å². The highest BCUT2D eigenvalue weighted by molar-refractivity contribution is 6.00. The predicted octanol–water partition coefficient (Wildman–Crippen LogP) is 1.08. The van der Waals surface area contributed by atoms with Gasteiger partial charge in [0.2, 0.25) is 5.91 Å². The number of carbonyl (C=O) groups is 2. The summed E-state index contributed by atoms with van der Waals surface area (Å²) in [6, 6.07) is 9.57. The molecule has 0 aliphatic carbocycles. The van der Waals surface area contributed by atoms with Gasteiger partial charge >= 0.3 is 5.97 Å². The van der Waals surface area contributed by atoms with Gasteiger partial charge in [-0.05, 0) is 12.5 Å². The SMILES string of the molecule is CCOC(=O)[C@@H]1C(=O)NCC1c1ccccc1. The van der Waals surface area contributed by atoms with Gasteiger partial charge < -0.3 is 10.1 Å². The second-order valence-corrected chi connectivity index (χ2v) is 3.99. The Bertz CT molecular complexity index is 416. The van der Waals surface area contributed by atoms with E-state index in [0.717, 1.165) is 5.56 Å². The van der Waals surface area contributed by atoms with E-state index in [1.54, 1.807) is 6.92 Å². The summed E-state index contributed by atoms with van der Waals surface area (Å²) in [7, 11) is 0. The van der Waals surface area contributed by atoms with Crippen molar-refractivity contribution in [2.75, 3.05) is 13.2 Å². The van der Waals surface area contributed by atoms with Gasteiger partial charge in [0.1, 0.15) is 5.92 Å². The lowest BCUT2D eigenvalue weighted by Crippen LogP contribution is -2.28. The average molecular weight is 233 g/mol. The highest BCUT2D eigenvalue weighted by Crippen LogP contribution is 2.29. The van der Waals surface area contributed by atoms with Crippen LogP contribution in [-0.4, -0.2) is 25.0 Å². The number of hydrogen-bond donors (Lipinski definition) is 1. The standard InChI is InChI=1S/C13H15NO3/c1-2-17-13(16)11-10(8-14-12(11)15)9-6-4-3-5-7-9/h3-7,10-11H,2,8H2,1H3,(H,14,15)/t10?,11-/m0/s1. The van der Waals surface area contributed by atoms with Crippen LogP contribution in [0.4, 0.5) is 0 Å². The molecule has 1 aliphatic rings. The van der Waals surface area contributed by atoms with Gasteiger partial charge in [-0.15, -0.1) is 0 Å². The molecule has 1 amide bonds. The van der Waals surface area contributed by atoms with Crippen molar-refractivity contribution in [3.05, 3.63) is 35.9 Å². The lowest BCUT2D eigenvalue weighted by molar-refractivity contribution is -0.151. The Morgan fingerprint density at radius 1 is 1.41 bits per heavy atom. The Kier molecular flexibility index (Phi) is 3.42. The Morgan fingerprint density at radius 2 is 2.12 bits per heavy atom. The van der Waals surface area contributed by atoms with Gasteiger partial charge in [-0.1, -0.05) is 30.3 Å². The Labute approximate surface area is 100.0 Å². The molecule has 1 N–H and O–H groups in total. The normalized spacial score (nSPS) is 23.2. The summed E-state index contributed by atoms with van der Waals surface area (Å²) < 4.78 is 4.95. The molecule has 2 atom stereocenters. The number of benzene rings is 1. The second kappa shape index (κ2) is 4.99. The molecule has 0 saturated carbocycles. The van der Waals surface area contributed by atoms with E-state index >= 15 is 0 Å². The van der Waals surface area contributed by atoms with Gasteiger partial charge in [0.15, 0.2) is 0 Å². The lowest BCUT2D eigenvalue weighted by atomic mass is 9.89. The van der Waals surface area contributed by atoms with Crippen LogP contribution < -0.4 is 5.32 Å². The first kappa shape index (κ1) is 11.6. The first-order valence-corrected chi connectivity index (χ1v) is 5.73. The van der Waals surface area contributed by atoms with Gasteiger partial charge in [0.25, 0.3) is 0 Å². The van der Waals surface area contributed by atoms with Crippen LogP contribution in [0, 0.1) is 5.92 Å². The monoisotopic (exact) mass is 233 g/mol. The zero-order valence-electron chi connectivity index (χ0n) is 9.68. The Balaban J connectivity index is 2.22. The average Bonchev–Trinajstić information content (AvgIpc) is 2.73. The number of amides is 1. The number of esters is 1. The van der Waals surface area contributed by atoms with Crippen molar-refractivity contribution in [2.45, 2.75) is 12.8 Å². The first-order chi connectivity index (χ1) is 8.24. The molecule has 0 bridgehead atoms. The molecule has 1 heterocycles. The van der Waals surface area contributed by atoms with Crippen LogP contribution in [0.2, 0.25) is 0 Å². The molecule has 1 saturated heterocycles. The van der Waals surface area contributed by atoms with Crippen LogP contribution in [0.3, 0.4) is 0 Å². The van der Waals surface area contributed by atoms with Gasteiger partial charge in [-0.2, -0.15) is 0 Å². The van der Waals surface area contributed by atoms with E-state index in [1.165, 1.54) is 0 Å². The van der Waals surface area contributed by atoms with Crippen LogP contribution in [-0.2, 0) is 14.3 Å². The Morgan fingerprint density at radius 3 is 2.76 bits per heavy atom. The molecule has 90 valence electrons. The molecule has 1 aliphatic heterocycles. The summed E-state index contributed by atoms with van der Waals surface area (Å²) in [6.07, 6.45) is 0. The number of hydrogen-bond acceptors (Lipinski definition) is 3.